The molecule has 0 heterocycles. The highest BCUT2D eigenvalue weighted by atomic mass is 16.3. The minimum atomic E-state index is -0.399. The van der Waals surface area contributed by atoms with Crippen LogP contribution in [-0.4, -0.2) is 22.4 Å². The van der Waals surface area contributed by atoms with Crippen LogP contribution < -0.4 is 0 Å². The first-order chi connectivity index (χ1) is 4.66. The van der Waals surface area contributed by atoms with Crippen molar-refractivity contribution in [2.45, 2.75) is 38.9 Å². The Morgan fingerprint density at radius 3 is 2.40 bits per heavy atom. The molecule has 0 fully saturated rings. The molecule has 0 aliphatic rings. The molecule has 0 aromatic heterocycles. The maximum absolute atomic E-state index is 9.04. The van der Waals surface area contributed by atoms with Crippen LogP contribution in [0, 0.1) is 0 Å². The van der Waals surface area contributed by atoms with Crippen LogP contribution in [0.4, 0.5) is 0 Å². The van der Waals surface area contributed by atoms with Crippen LogP contribution in [0.1, 0.15) is 26.7 Å². The van der Waals surface area contributed by atoms with Crippen LogP contribution in [0.3, 0.4) is 0 Å². The lowest BCUT2D eigenvalue weighted by molar-refractivity contribution is 0.173. The van der Waals surface area contributed by atoms with Crippen molar-refractivity contribution in [2.75, 3.05) is 0 Å². The Morgan fingerprint density at radius 1 is 1.40 bits per heavy atom. The fourth-order valence-electron chi connectivity index (χ4n) is 0.599. The van der Waals surface area contributed by atoms with Crippen molar-refractivity contribution in [3.05, 3.63) is 12.2 Å². The highest BCUT2D eigenvalue weighted by molar-refractivity contribution is 4.87. The lowest BCUT2D eigenvalue weighted by Crippen LogP contribution is -2.02. The summed E-state index contributed by atoms with van der Waals surface area (Å²) in [7, 11) is 0. The molecule has 0 aliphatic heterocycles. The molecule has 2 atom stereocenters. The summed E-state index contributed by atoms with van der Waals surface area (Å²) in [5.41, 5.74) is 0. The van der Waals surface area contributed by atoms with Crippen LogP contribution in [-0.2, 0) is 0 Å². The standard InChI is InChI=1S/C8H16O2/c1-3-8(10)6-4-5-7(2)9/h4-5,7-10H,3,6H2,1-2H3. The van der Waals surface area contributed by atoms with Gasteiger partial charge in [-0.15, -0.1) is 0 Å². The number of hydrogen-bond acceptors (Lipinski definition) is 2. The summed E-state index contributed by atoms with van der Waals surface area (Å²) in [6.07, 6.45) is 4.24. The zero-order valence-electron chi connectivity index (χ0n) is 6.62. The van der Waals surface area contributed by atoms with E-state index in [9.17, 15) is 0 Å². The molecule has 0 bridgehead atoms. The molecule has 10 heavy (non-hydrogen) atoms. The van der Waals surface area contributed by atoms with Gasteiger partial charge >= 0.3 is 0 Å². The second-order valence-corrected chi connectivity index (χ2v) is 2.47. The minimum Gasteiger partial charge on any atom is -0.393 e. The van der Waals surface area contributed by atoms with Gasteiger partial charge < -0.3 is 10.2 Å². The summed E-state index contributed by atoms with van der Waals surface area (Å²) in [6.45, 7) is 3.62. The zero-order valence-corrected chi connectivity index (χ0v) is 6.62. The Bertz CT molecular complexity index is 97.4. The molecule has 2 N–H and O–H groups in total. The molecule has 0 saturated carbocycles. The van der Waals surface area contributed by atoms with Crippen LogP contribution in [0.2, 0.25) is 0 Å². The normalized spacial score (nSPS) is 17.6. The molecule has 0 amide bonds. The zero-order chi connectivity index (χ0) is 7.98. The van der Waals surface area contributed by atoms with E-state index in [-0.39, 0.29) is 6.10 Å². The van der Waals surface area contributed by atoms with Gasteiger partial charge in [0.1, 0.15) is 0 Å². The lowest BCUT2D eigenvalue weighted by atomic mass is 10.2. The predicted molar refractivity (Wildman–Crippen MR) is 41.7 cm³/mol. The van der Waals surface area contributed by atoms with Gasteiger partial charge in [-0.2, -0.15) is 0 Å². The maximum atomic E-state index is 9.04. The van der Waals surface area contributed by atoms with Gasteiger partial charge in [0.15, 0.2) is 0 Å². The van der Waals surface area contributed by atoms with Gasteiger partial charge in [0, 0.05) is 0 Å². The van der Waals surface area contributed by atoms with E-state index in [0.29, 0.717) is 6.42 Å². The fraction of sp³-hybridized carbons (Fsp3) is 0.750. The van der Waals surface area contributed by atoms with Gasteiger partial charge in [-0.05, 0) is 19.8 Å². The maximum Gasteiger partial charge on any atom is 0.0692 e. The third-order valence-corrected chi connectivity index (χ3v) is 1.29. The van der Waals surface area contributed by atoms with Gasteiger partial charge in [0.25, 0.3) is 0 Å². The van der Waals surface area contributed by atoms with Crippen molar-refractivity contribution >= 4 is 0 Å². The monoisotopic (exact) mass is 144 g/mol. The summed E-state index contributed by atoms with van der Waals surface area (Å²) in [6, 6.07) is 0. The van der Waals surface area contributed by atoms with E-state index in [1.54, 1.807) is 19.1 Å². The van der Waals surface area contributed by atoms with Crippen molar-refractivity contribution in [2.24, 2.45) is 0 Å². The highest BCUT2D eigenvalue weighted by Gasteiger charge is 1.95. The van der Waals surface area contributed by atoms with E-state index in [4.69, 9.17) is 10.2 Å². The molecule has 0 saturated heterocycles. The smallest absolute Gasteiger partial charge is 0.0692 e. The van der Waals surface area contributed by atoms with Crippen molar-refractivity contribution in [1.82, 2.24) is 0 Å². The molecular weight excluding hydrogens is 128 g/mol. The summed E-state index contributed by atoms with van der Waals surface area (Å²) in [5, 5.41) is 17.8. The Hall–Kier alpha value is -0.340. The van der Waals surface area contributed by atoms with Gasteiger partial charge in [-0.3, -0.25) is 0 Å². The number of rotatable bonds is 4. The van der Waals surface area contributed by atoms with E-state index in [2.05, 4.69) is 0 Å². The second kappa shape index (κ2) is 5.45. The molecule has 0 aromatic rings. The first-order valence-corrected chi connectivity index (χ1v) is 3.69. The third kappa shape index (κ3) is 5.79. The van der Waals surface area contributed by atoms with Crippen molar-refractivity contribution in [3.63, 3.8) is 0 Å². The molecule has 0 radical (unpaired) electrons. The average molecular weight is 144 g/mol. The molecule has 60 valence electrons. The first kappa shape index (κ1) is 9.66. The van der Waals surface area contributed by atoms with E-state index >= 15 is 0 Å². The van der Waals surface area contributed by atoms with Crippen LogP contribution in [0.15, 0.2) is 12.2 Å². The summed E-state index contributed by atoms with van der Waals surface area (Å²) in [5.74, 6) is 0. The SMILES string of the molecule is CCC(O)CC=CC(C)O. The Kier molecular flexibility index (Phi) is 5.26. The van der Waals surface area contributed by atoms with Crippen molar-refractivity contribution in [1.29, 1.82) is 0 Å². The van der Waals surface area contributed by atoms with Crippen LogP contribution in [0.5, 0.6) is 0 Å². The van der Waals surface area contributed by atoms with Crippen LogP contribution in [0.25, 0.3) is 0 Å². The lowest BCUT2D eigenvalue weighted by Gasteiger charge is -2.01. The summed E-state index contributed by atoms with van der Waals surface area (Å²) >= 11 is 0. The third-order valence-electron chi connectivity index (χ3n) is 1.29. The molecule has 0 aliphatic carbocycles. The van der Waals surface area contributed by atoms with E-state index in [1.807, 2.05) is 6.92 Å². The topological polar surface area (TPSA) is 40.5 Å². The summed E-state index contributed by atoms with van der Waals surface area (Å²) in [4.78, 5) is 0. The highest BCUT2D eigenvalue weighted by Crippen LogP contribution is 1.97. The molecule has 0 spiro atoms. The first-order valence-electron chi connectivity index (χ1n) is 3.69. The summed E-state index contributed by atoms with van der Waals surface area (Å²) < 4.78 is 0. The van der Waals surface area contributed by atoms with Crippen molar-refractivity contribution < 1.29 is 10.2 Å². The molecular formula is C8H16O2. The van der Waals surface area contributed by atoms with E-state index in [0.717, 1.165) is 6.42 Å². The van der Waals surface area contributed by atoms with Gasteiger partial charge in [0.2, 0.25) is 0 Å². The number of aliphatic hydroxyl groups is 2. The predicted octanol–water partition coefficient (Wildman–Crippen LogP) is 1.08. The van der Waals surface area contributed by atoms with Crippen LogP contribution >= 0.6 is 0 Å². The van der Waals surface area contributed by atoms with E-state index < -0.39 is 6.10 Å². The number of aliphatic hydroxyl groups excluding tert-OH is 2. The van der Waals surface area contributed by atoms with E-state index in [1.165, 1.54) is 0 Å². The number of hydrogen-bond donors (Lipinski definition) is 2. The minimum absolute atomic E-state index is 0.255. The van der Waals surface area contributed by atoms with Gasteiger partial charge in [-0.25, -0.2) is 0 Å². The Balaban J connectivity index is 3.33. The quantitative estimate of drug-likeness (QED) is 0.580. The Morgan fingerprint density at radius 2 is 2.00 bits per heavy atom. The average Bonchev–Trinajstić information content (AvgIpc) is 1.87. The Labute approximate surface area is 62.2 Å². The largest absolute Gasteiger partial charge is 0.393 e. The molecule has 0 aromatic carbocycles. The second-order valence-electron chi connectivity index (χ2n) is 2.47. The fourth-order valence-corrected chi connectivity index (χ4v) is 0.599. The molecule has 2 unspecified atom stereocenters. The van der Waals surface area contributed by atoms with Gasteiger partial charge in [-0.1, -0.05) is 19.1 Å². The molecule has 2 nitrogen and oxygen atoms in total. The molecule has 0 rings (SSSR count). The molecule has 2 heteroatoms. The van der Waals surface area contributed by atoms with Crippen molar-refractivity contribution in [3.8, 4) is 0 Å². The van der Waals surface area contributed by atoms with Gasteiger partial charge in [0.05, 0.1) is 12.2 Å².